The van der Waals surface area contributed by atoms with E-state index >= 15 is 0 Å². The highest BCUT2D eigenvalue weighted by molar-refractivity contribution is 5.06. The lowest BCUT2D eigenvalue weighted by molar-refractivity contribution is 0.868. The summed E-state index contributed by atoms with van der Waals surface area (Å²) in [5.74, 6) is 0. The van der Waals surface area contributed by atoms with Gasteiger partial charge in [0.2, 0.25) is 0 Å². The predicted octanol–water partition coefficient (Wildman–Crippen LogP) is 3.59. The summed E-state index contributed by atoms with van der Waals surface area (Å²) in [4.78, 5) is 0. The van der Waals surface area contributed by atoms with Gasteiger partial charge < -0.3 is 0 Å². The number of rotatable bonds is 0. The van der Waals surface area contributed by atoms with Crippen LogP contribution < -0.4 is 0 Å². The Bertz CT molecular complexity index is 182. The Balaban J connectivity index is 2.42. The molecule has 12 heavy (non-hydrogen) atoms. The minimum atomic E-state index is 0.981. The molecule has 0 bridgehead atoms. The number of hydrogen-bond donors (Lipinski definition) is 0. The van der Waals surface area contributed by atoms with Crippen LogP contribution in [0.4, 0.5) is 0 Å². The second-order valence-electron chi connectivity index (χ2n) is 2.80. The second-order valence-corrected chi connectivity index (χ2v) is 2.80. The van der Waals surface area contributed by atoms with Gasteiger partial charge in [-0.05, 0) is 31.8 Å². The van der Waals surface area contributed by atoms with Crippen molar-refractivity contribution in [1.82, 2.24) is 0 Å². The van der Waals surface area contributed by atoms with Crippen LogP contribution in [0.5, 0.6) is 0 Å². The zero-order chi connectivity index (χ0) is 8.49. The first-order valence-electron chi connectivity index (χ1n) is 4.54. The summed E-state index contributed by atoms with van der Waals surface area (Å²) >= 11 is 0. The third-order valence-corrected chi connectivity index (χ3v) is 1.71. The van der Waals surface area contributed by atoms with E-state index in [1.54, 1.807) is 0 Å². The fourth-order valence-electron chi connectivity index (χ4n) is 1.04. The van der Waals surface area contributed by atoms with Gasteiger partial charge in [-0.15, -0.1) is 0 Å². The molecule has 0 amide bonds. The Hall–Kier alpha value is -1.04. The van der Waals surface area contributed by atoms with E-state index in [2.05, 4.69) is 36.5 Å². The fraction of sp³-hybridized carbons (Fsp3) is 0.333. The largest absolute Gasteiger partial charge is 0.0845 e. The van der Waals surface area contributed by atoms with Crippen LogP contribution in [0.3, 0.4) is 0 Å². The molecule has 1 aliphatic rings. The van der Waals surface area contributed by atoms with Crippen LogP contribution in [0.2, 0.25) is 0 Å². The van der Waals surface area contributed by atoms with Crippen LogP contribution in [0, 0.1) is 6.08 Å². The molecule has 0 spiro atoms. The van der Waals surface area contributed by atoms with Crippen molar-refractivity contribution in [2.45, 2.75) is 25.7 Å². The van der Waals surface area contributed by atoms with E-state index < -0.39 is 0 Å². The third-order valence-electron chi connectivity index (χ3n) is 1.71. The first-order valence-corrected chi connectivity index (χ1v) is 4.54. The molecule has 0 fully saturated rings. The summed E-state index contributed by atoms with van der Waals surface area (Å²) in [6.45, 7) is 0. The Morgan fingerprint density at radius 1 is 0.917 bits per heavy atom. The molecular weight excluding hydrogens is 144 g/mol. The van der Waals surface area contributed by atoms with Gasteiger partial charge in [0.15, 0.2) is 0 Å². The van der Waals surface area contributed by atoms with Crippen molar-refractivity contribution in [2.24, 2.45) is 0 Å². The summed E-state index contributed by atoms with van der Waals surface area (Å²) in [5.41, 5.74) is 0. The minimum absolute atomic E-state index is 0.981. The van der Waals surface area contributed by atoms with Crippen molar-refractivity contribution in [3.05, 3.63) is 48.6 Å². The smallest absolute Gasteiger partial charge is 0.0157 e. The zero-order valence-electron chi connectivity index (χ0n) is 7.37. The summed E-state index contributed by atoms with van der Waals surface area (Å²) < 4.78 is 0. The molecule has 0 heterocycles. The minimum Gasteiger partial charge on any atom is -0.0845 e. The molecule has 0 aromatic carbocycles. The van der Waals surface area contributed by atoms with E-state index in [0.717, 1.165) is 12.8 Å². The highest BCUT2D eigenvalue weighted by Gasteiger charge is 1.79. The monoisotopic (exact) mass is 159 g/mol. The van der Waals surface area contributed by atoms with Crippen LogP contribution in [-0.2, 0) is 0 Å². The molecule has 0 nitrogen and oxygen atoms in total. The number of allylic oxidation sites excluding steroid dienone is 8. The molecule has 1 aliphatic carbocycles. The average Bonchev–Trinajstić information content (AvgIpc) is 2.05. The maximum Gasteiger partial charge on any atom is -0.0157 e. The van der Waals surface area contributed by atoms with Crippen LogP contribution in [0.1, 0.15) is 25.7 Å². The normalized spacial score (nSPS) is 18.7. The molecule has 0 heteroatoms. The quantitative estimate of drug-likeness (QED) is 0.506. The molecule has 0 atom stereocenters. The third kappa shape index (κ3) is 4.73. The predicted molar refractivity (Wildman–Crippen MR) is 53.7 cm³/mol. The van der Waals surface area contributed by atoms with E-state index in [4.69, 9.17) is 0 Å². The van der Waals surface area contributed by atoms with Gasteiger partial charge in [-0.3, -0.25) is 0 Å². The molecule has 0 aromatic heterocycles. The highest BCUT2D eigenvalue weighted by atomic mass is 13.9. The average molecular weight is 159 g/mol. The fourth-order valence-corrected chi connectivity index (χ4v) is 1.04. The van der Waals surface area contributed by atoms with Gasteiger partial charge in [0.05, 0.1) is 0 Å². The first-order chi connectivity index (χ1) is 6.00. The van der Waals surface area contributed by atoms with Crippen LogP contribution >= 0.6 is 0 Å². The maximum absolute atomic E-state index is 3.12. The molecule has 63 valence electrons. The highest BCUT2D eigenvalue weighted by Crippen LogP contribution is 1.99. The molecule has 1 radical (unpaired) electrons. The van der Waals surface area contributed by atoms with E-state index in [9.17, 15) is 0 Å². The molecule has 0 aliphatic heterocycles. The van der Waals surface area contributed by atoms with Crippen molar-refractivity contribution < 1.29 is 0 Å². The Morgan fingerprint density at radius 2 is 1.75 bits per heavy atom. The van der Waals surface area contributed by atoms with Gasteiger partial charge in [0, 0.05) is 0 Å². The lowest BCUT2D eigenvalue weighted by Crippen LogP contribution is -1.69. The van der Waals surface area contributed by atoms with Crippen molar-refractivity contribution in [3.63, 3.8) is 0 Å². The van der Waals surface area contributed by atoms with Crippen LogP contribution in [-0.4, -0.2) is 0 Å². The maximum atomic E-state index is 3.12. The molecule has 0 unspecified atom stereocenters. The first kappa shape index (κ1) is 9.05. The van der Waals surface area contributed by atoms with E-state index in [-0.39, 0.29) is 0 Å². The van der Waals surface area contributed by atoms with Gasteiger partial charge >= 0.3 is 0 Å². The van der Waals surface area contributed by atoms with Gasteiger partial charge in [0.25, 0.3) is 0 Å². The lowest BCUT2D eigenvalue weighted by Gasteiger charge is -1.89. The standard InChI is InChI=1S/C12H15/c1-2-4-6-8-10-12-11-9-7-5-3-1/h1-4,7,11-12H,5-6,8,10H2. The molecule has 0 saturated carbocycles. The lowest BCUT2D eigenvalue weighted by atomic mass is 10.2. The Morgan fingerprint density at radius 3 is 2.75 bits per heavy atom. The van der Waals surface area contributed by atoms with Crippen molar-refractivity contribution in [2.75, 3.05) is 0 Å². The van der Waals surface area contributed by atoms with E-state index in [1.807, 2.05) is 12.2 Å². The molecule has 0 saturated heterocycles. The molecule has 1 rings (SSSR count). The summed E-state index contributed by atoms with van der Waals surface area (Å²) in [7, 11) is 0. The summed E-state index contributed by atoms with van der Waals surface area (Å²) in [6.07, 6.45) is 22.5. The van der Waals surface area contributed by atoms with Gasteiger partial charge in [-0.25, -0.2) is 0 Å². The molecule has 0 N–H and O–H groups in total. The van der Waals surface area contributed by atoms with Crippen molar-refractivity contribution in [1.29, 1.82) is 0 Å². The van der Waals surface area contributed by atoms with Gasteiger partial charge in [-0.1, -0.05) is 42.5 Å². The Kier molecular flexibility index (Phi) is 5.02. The number of hydrogen-bond acceptors (Lipinski definition) is 0. The molecule has 0 aromatic rings. The van der Waals surface area contributed by atoms with Crippen molar-refractivity contribution in [3.8, 4) is 0 Å². The van der Waals surface area contributed by atoms with E-state index in [0.29, 0.717) is 0 Å². The zero-order valence-corrected chi connectivity index (χ0v) is 7.37. The Labute approximate surface area is 75.0 Å². The van der Waals surface area contributed by atoms with Crippen molar-refractivity contribution >= 4 is 0 Å². The van der Waals surface area contributed by atoms with E-state index in [1.165, 1.54) is 12.8 Å². The second kappa shape index (κ2) is 6.66. The van der Waals surface area contributed by atoms with Crippen LogP contribution in [0.25, 0.3) is 0 Å². The SMILES string of the molecule is [C]1=CCC=CC=CCCCC=C1. The van der Waals surface area contributed by atoms with Gasteiger partial charge in [0.1, 0.15) is 0 Å². The van der Waals surface area contributed by atoms with Gasteiger partial charge in [-0.2, -0.15) is 0 Å². The topological polar surface area (TPSA) is 0 Å². The van der Waals surface area contributed by atoms with Crippen LogP contribution in [0.15, 0.2) is 42.5 Å². The summed E-state index contributed by atoms with van der Waals surface area (Å²) in [6, 6.07) is 0. The summed E-state index contributed by atoms with van der Waals surface area (Å²) in [5, 5.41) is 0. The molecular formula is C12H15.